The number of hydrogen-bond acceptors (Lipinski definition) is 4. The van der Waals surface area contributed by atoms with E-state index in [9.17, 15) is 9.59 Å². The lowest BCUT2D eigenvalue weighted by molar-refractivity contribution is -0.128. The monoisotopic (exact) mass is 396 g/mol. The van der Waals surface area contributed by atoms with Gasteiger partial charge in [0.2, 0.25) is 0 Å². The number of hydrogen-bond donors (Lipinski definition) is 1. The number of carbonyl (C=O) groups is 2. The predicted molar refractivity (Wildman–Crippen MR) is 113 cm³/mol. The summed E-state index contributed by atoms with van der Waals surface area (Å²) < 4.78 is 0. The minimum absolute atomic E-state index is 0.0913. The number of thioether (sulfide) groups is 1. The molecule has 0 spiro atoms. The van der Waals surface area contributed by atoms with Crippen molar-refractivity contribution in [1.29, 1.82) is 0 Å². The van der Waals surface area contributed by atoms with Gasteiger partial charge < -0.3 is 10.2 Å². The third kappa shape index (κ3) is 3.52. The molecule has 4 nitrogen and oxygen atoms in total. The SMILES string of the molecule is CSc1ccc([C@@H]2C(C(=O)N3CCCCC3)=C(C)NC3=C2C(=O)CCC3)cc1. The summed E-state index contributed by atoms with van der Waals surface area (Å²) in [7, 11) is 0. The lowest BCUT2D eigenvalue weighted by Crippen LogP contribution is -2.42. The molecule has 1 atom stereocenters. The quantitative estimate of drug-likeness (QED) is 0.770. The molecular weight excluding hydrogens is 368 g/mol. The molecule has 0 aromatic heterocycles. The number of rotatable bonds is 3. The van der Waals surface area contributed by atoms with E-state index < -0.39 is 0 Å². The van der Waals surface area contributed by atoms with E-state index in [1.54, 1.807) is 11.8 Å². The van der Waals surface area contributed by atoms with Crippen LogP contribution in [0.25, 0.3) is 0 Å². The van der Waals surface area contributed by atoms with Crippen molar-refractivity contribution < 1.29 is 9.59 Å². The molecule has 1 aliphatic carbocycles. The Bertz CT molecular complexity index is 848. The third-order valence-electron chi connectivity index (χ3n) is 6.10. The second-order valence-electron chi connectivity index (χ2n) is 7.89. The van der Waals surface area contributed by atoms with Gasteiger partial charge in [0.25, 0.3) is 5.91 Å². The highest BCUT2D eigenvalue weighted by Crippen LogP contribution is 2.43. The Morgan fingerprint density at radius 1 is 1.07 bits per heavy atom. The topological polar surface area (TPSA) is 49.4 Å². The fourth-order valence-corrected chi connectivity index (χ4v) is 5.07. The van der Waals surface area contributed by atoms with Crippen LogP contribution in [0.2, 0.25) is 0 Å². The van der Waals surface area contributed by atoms with E-state index in [0.717, 1.165) is 66.9 Å². The summed E-state index contributed by atoms with van der Waals surface area (Å²) in [6.07, 6.45) is 7.70. The summed E-state index contributed by atoms with van der Waals surface area (Å²) in [5, 5.41) is 3.43. The molecule has 2 aliphatic heterocycles. The molecule has 1 fully saturated rings. The van der Waals surface area contributed by atoms with Gasteiger partial charge in [0.15, 0.2) is 5.78 Å². The number of benzene rings is 1. The molecule has 0 saturated carbocycles. The zero-order chi connectivity index (χ0) is 19.7. The number of Topliss-reactive ketones (excluding diaryl/α,β-unsaturated/α-hetero) is 1. The molecule has 1 N–H and O–H groups in total. The van der Waals surface area contributed by atoms with Gasteiger partial charge in [-0.05, 0) is 63.0 Å². The Hall–Kier alpha value is -2.01. The first-order chi connectivity index (χ1) is 13.6. The van der Waals surface area contributed by atoms with Gasteiger partial charge in [-0.1, -0.05) is 12.1 Å². The zero-order valence-corrected chi connectivity index (χ0v) is 17.5. The van der Waals surface area contributed by atoms with Crippen molar-refractivity contribution in [2.75, 3.05) is 19.3 Å². The van der Waals surface area contributed by atoms with E-state index in [1.807, 2.05) is 11.8 Å². The normalized spacial score (nSPS) is 22.9. The zero-order valence-electron chi connectivity index (χ0n) is 16.7. The summed E-state index contributed by atoms with van der Waals surface area (Å²) in [6, 6.07) is 8.36. The molecule has 0 bridgehead atoms. The fourth-order valence-electron chi connectivity index (χ4n) is 4.66. The van der Waals surface area contributed by atoms with Gasteiger partial charge in [0, 0.05) is 52.9 Å². The molecule has 148 valence electrons. The van der Waals surface area contributed by atoms with Gasteiger partial charge in [-0.15, -0.1) is 11.8 Å². The first-order valence-corrected chi connectivity index (χ1v) is 11.5. The first-order valence-electron chi connectivity index (χ1n) is 10.3. The second-order valence-corrected chi connectivity index (χ2v) is 8.77. The van der Waals surface area contributed by atoms with E-state index >= 15 is 0 Å². The van der Waals surface area contributed by atoms with Crippen LogP contribution in [0, 0.1) is 0 Å². The summed E-state index contributed by atoms with van der Waals surface area (Å²) >= 11 is 1.70. The van der Waals surface area contributed by atoms with Crippen LogP contribution in [-0.4, -0.2) is 35.9 Å². The van der Waals surface area contributed by atoms with Crippen molar-refractivity contribution >= 4 is 23.5 Å². The molecule has 1 amide bonds. The molecule has 0 radical (unpaired) electrons. The number of amides is 1. The highest BCUT2D eigenvalue weighted by Gasteiger charge is 2.39. The molecule has 4 rings (SSSR count). The maximum atomic E-state index is 13.5. The number of dihydropyridines is 1. The standard InChI is InChI=1S/C23H28N2O2S/c1-15-20(23(27)25-13-4-3-5-14-25)21(16-9-11-17(28-2)12-10-16)22-18(24-15)7-6-8-19(22)26/h9-12,21,24H,3-8,13-14H2,1-2H3/t21-/m1/s1. The molecule has 1 aromatic rings. The number of carbonyl (C=O) groups excluding carboxylic acids is 2. The summed E-state index contributed by atoms with van der Waals surface area (Å²) in [4.78, 5) is 29.6. The van der Waals surface area contributed by atoms with Gasteiger partial charge >= 0.3 is 0 Å². The van der Waals surface area contributed by atoms with Crippen molar-refractivity contribution in [1.82, 2.24) is 10.2 Å². The molecule has 1 saturated heterocycles. The average Bonchev–Trinajstić information content (AvgIpc) is 2.73. The number of likely N-dealkylation sites (tertiary alicyclic amines) is 1. The Morgan fingerprint density at radius 3 is 2.46 bits per heavy atom. The van der Waals surface area contributed by atoms with Gasteiger partial charge in [-0.2, -0.15) is 0 Å². The summed E-state index contributed by atoms with van der Waals surface area (Å²) in [5.41, 5.74) is 4.54. The van der Waals surface area contributed by atoms with Gasteiger partial charge in [-0.3, -0.25) is 9.59 Å². The van der Waals surface area contributed by atoms with Crippen molar-refractivity contribution in [3.05, 3.63) is 52.4 Å². The van der Waals surface area contributed by atoms with Gasteiger partial charge in [0.05, 0.1) is 0 Å². The van der Waals surface area contributed by atoms with E-state index in [2.05, 4.69) is 35.8 Å². The van der Waals surface area contributed by atoms with Crippen LogP contribution < -0.4 is 5.32 Å². The Labute approximate surface area is 171 Å². The highest BCUT2D eigenvalue weighted by atomic mass is 32.2. The van der Waals surface area contributed by atoms with Crippen LogP contribution in [0.15, 0.2) is 51.7 Å². The molecule has 1 aromatic carbocycles. The van der Waals surface area contributed by atoms with Crippen LogP contribution >= 0.6 is 11.8 Å². The Balaban J connectivity index is 1.79. The summed E-state index contributed by atoms with van der Waals surface area (Å²) in [5.74, 6) is 0.0205. The minimum Gasteiger partial charge on any atom is -0.362 e. The second kappa shape index (κ2) is 8.16. The van der Waals surface area contributed by atoms with Crippen LogP contribution in [0.5, 0.6) is 0 Å². The molecule has 28 heavy (non-hydrogen) atoms. The van der Waals surface area contributed by atoms with Gasteiger partial charge in [-0.25, -0.2) is 0 Å². The lowest BCUT2D eigenvalue weighted by Gasteiger charge is -2.37. The third-order valence-corrected chi connectivity index (χ3v) is 6.84. The van der Waals surface area contributed by atoms with E-state index in [4.69, 9.17) is 0 Å². The van der Waals surface area contributed by atoms with Crippen molar-refractivity contribution in [2.24, 2.45) is 0 Å². The fraction of sp³-hybridized carbons (Fsp3) is 0.478. The maximum absolute atomic E-state index is 13.5. The molecule has 0 unspecified atom stereocenters. The van der Waals surface area contributed by atoms with E-state index in [1.165, 1.54) is 11.3 Å². The first kappa shape index (κ1) is 19.3. The molecular formula is C23H28N2O2S. The van der Waals surface area contributed by atoms with Crippen molar-refractivity contribution in [2.45, 2.75) is 56.3 Å². The maximum Gasteiger partial charge on any atom is 0.252 e. The highest BCUT2D eigenvalue weighted by molar-refractivity contribution is 7.98. The van der Waals surface area contributed by atoms with Crippen molar-refractivity contribution in [3.63, 3.8) is 0 Å². The van der Waals surface area contributed by atoms with E-state index in [0.29, 0.717) is 6.42 Å². The van der Waals surface area contributed by atoms with Crippen LogP contribution in [0.1, 0.15) is 56.9 Å². The number of nitrogens with zero attached hydrogens (tertiary/aromatic N) is 1. The average molecular weight is 397 g/mol. The molecule has 5 heteroatoms. The van der Waals surface area contributed by atoms with Crippen LogP contribution in [0.3, 0.4) is 0 Å². The van der Waals surface area contributed by atoms with Crippen LogP contribution in [0.4, 0.5) is 0 Å². The Morgan fingerprint density at radius 2 is 1.79 bits per heavy atom. The molecule has 2 heterocycles. The largest absolute Gasteiger partial charge is 0.362 e. The Kier molecular flexibility index (Phi) is 5.63. The van der Waals surface area contributed by atoms with Gasteiger partial charge in [0.1, 0.15) is 0 Å². The number of nitrogens with one attached hydrogen (secondary N) is 1. The molecule has 3 aliphatic rings. The number of allylic oxidation sites excluding steroid dienone is 3. The van der Waals surface area contributed by atoms with E-state index in [-0.39, 0.29) is 17.6 Å². The minimum atomic E-state index is -0.255. The lowest BCUT2D eigenvalue weighted by atomic mass is 9.75. The summed E-state index contributed by atoms with van der Waals surface area (Å²) in [6.45, 7) is 3.62. The number of piperidine rings is 1. The van der Waals surface area contributed by atoms with Crippen LogP contribution in [-0.2, 0) is 9.59 Å². The number of ketones is 1. The predicted octanol–water partition coefficient (Wildman–Crippen LogP) is 4.39. The van der Waals surface area contributed by atoms with Crippen molar-refractivity contribution in [3.8, 4) is 0 Å². The smallest absolute Gasteiger partial charge is 0.252 e.